The van der Waals surface area contributed by atoms with E-state index in [4.69, 9.17) is 0 Å². The number of hydrogen-bond acceptors (Lipinski definition) is 1. The summed E-state index contributed by atoms with van der Waals surface area (Å²) in [6, 6.07) is 6.44. The van der Waals surface area contributed by atoms with E-state index in [1.54, 1.807) is 12.1 Å². The highest BCUT2D eigenvalue weighted by atomic mass is 19.1. The lowest BCUT2D eigenvalue weighted by Gasteiger charge is -2.31. The van der Waals surface area contributed by atoms with Crippen molar-refractivity contribution in [3.8, 4) is 0 Å². The van der Waals surface area contributed by atoms with Crippen LogP contribution in [0.1, 0.15) is 52.5 Å². The van der Waals surface area contributed by atoms with Gasteiger partial charge in [0.1, 0.15) is 5.82 Å². The van der Waals surface area contributed by atoms with Gasteiger partial charge in [-0.05, 0) is 30.0 Å². The molecule has 1 aromatic rings. The lowest BCUT2D eigenvalue weighted by atomic mass is 9.77. The van der Waals surface area contributed by atoms with Gasteiger partial charge in [0.15, 0.2) is 0 Å². The molecule has 1 atom stereocenters. The van der Waals surface area contributed by atoms with Crippen LogP contribution in [0.3, 0.4) is 0 Å². The lowest BCUT2D eigenvalue weighted by Crippen LogP contribution is -2.33. The molecule has 0 radical (unpaired) electrons. The summed E-state index contributed by atoms with van der Waals surface area (Å²) in [5.74, 6) is 0.440. The first kappa shape index (κ1) is 15.2. The maximum Gasteiger partial charge on any atom is 0.123 e. The summed E-state index contributed by atoms with van der Waals surface area (Å²) in [6.07, 6.45) is 2.57. The predicted octanol–water partition coefficient (Wildman–Crippen LogP) is 4.29. The van der Waals surface area contributed by atoms with E-state index in [9.17, 15) is 9.50 Å². The smallest absolute Gasteiger partial charge is 0.123 e. The Kier molecular flexibility index (Phi) is 5.33. The summed E-state index contributed by atoms with van der Waals surface area (Å²) in [4.78, 5) is 0. The molecule has 102 valence electrons. The van der Waals surface area contributed by atoms with Gasteiger partial charge < -0.3 is 5.11 Å². The van der Waals surface area contributed by atoms with Crippen LogP contribution < -0.4 is 0 Å². The average Bonchev–Trinajstić information content (AvgIpc) is 2.28. The van der Waals surface area contributed by atoms with Crippen molar-refractivity contribution in [1.29, 1.82) is 0 Å². The van der Waals surface area contributed by atoms with Crippen molar-refractivity contribution in [2.75, 3.05) is 0 Å². The Morgan fingerprint density at radius 3 is 2.17 bits per heavy atom. The lowest BCUT2D eigenvalue weighted by molar-refractivity contribution is 0.0876. The van der Waals surface area contributed by atoms with Gasteiger partial charge in [-0.3, -0.25) is 0 Å². The standard InChI is InChI=1S/C16H25FO/c1-12(2)6-5-7-15(18)16(3,4)13-8-10-14(17)11-9-13/h8-12,15,18H,5-7H2,1-4H3. The van der Waals surface area contributed by atoms with Crippen molar-refractivity contribution in [3.63, 3.8) is 0 Å². The van der Waals surface area contributed by atoms with Gasteiger partial charge in [0.05, 0.1) is 6.10 Å². The highest BCUT2D eigenvalue weighted by Crippen LogP contribution is 2.30. The van der Waals surface area contributed by atoms with Crippen molar-refractivity contribution in [3.05, 3.63) is 35.6 Å². The summed E-state index contributed by atoms with van der Waals surface area (Å²) in [5.41, 5.74) is 0.658. The van der Waals surface area contributed by atoms with Crippen LogP contribution in [-0.2, 0) is 5.41 Å². The molecule has 0 spiro atoms. The van der Waals surface area contributed by atoms with Gasteiger partial charge in [0, 0.05) is 5.41 Å². The van der Waals surface area contributed by atoms with Gasteiger partial charge in [-0.25, -0.2) is 4.39 Å². The molecule has 1 N–H and O–H groups in total. The second kappa shape index (κ2) is 6.33. The summed E-state index contributed by atoms with van der Waals surface area (Å²) in [7, 11) is 0. The fourth-order valence-corrected chi connectivity index (χ4v) is 2.15. The molecule has 0 aliphatic heterocycles. The SMILES string of the molecule is CC(C)CCCC(O)C(C)(C)c1ccc(F)cc1. The van der Waals surface area contributed by atoms with Crippen LogP contribution in [0.2, 0.25) is 0 Å². The van der Waals surface area contributed by atoms with Crippen LogP contribution in [0.25, 0.3) is 0 Å². The van der Waals surface area contributed by atoms with Gasteiger partial charge in [-0.15, -0.1) is 0 Å². The van der Waals surface area contributed by atoms with Crippen molar-refractivity contribution < 1.29 is 9.50 Å². The topological polar surface area (TPSA) is 20.2 Å². The Hall–Kier alpha value is -0.890. The van der Waals surface area contributed by atoms with Crippen molar-refractivity contribution >= 4 is 0 Å². The number of rotatable bonds is 6. The molecule has 0 aliphatic carbocycles. The third-order valence-corrected chi connectivity index (χ3v) is 3.68. The van der Waals surface area contributed by atoms with Crippen LogP contribution in [0.5, 0.6) is 0 Å². The molecule has 0 fully saturated rings. The Morgan fingerprint density at radius 1 is 1.11 bits per heavy atom. The first-order valence-corrected chi connectivity index (χ1v) is 6.78. The molecule has 0 aromatic heterocycles. The Balaban J connectivity index is 2.64. The zero-order chi connectivity index (χ0) is 13.8. The zero-order valence-electron chi connectivity index (χ0n) is 11.9. The largest absolute Gasteiger partial charge is 0.392 e. The third kappa shape index (κ3) is 4.09. The second-order valence-electron chi connectivity index (χ2n) is 6.07. The van der Waals surface area contributed by atoms with Crippen LogP contribution >= 0.6 is 0 Å². The third-order valence-electron chi connectivity index (χ3n) is 3.68. The van der Waals surface area contributed by atoms with Crippen LogP contribution in [0.15, 0.2) is 24.3 Å². The fraction of sp³-hybridized carbons (Fsp3) is 0.625. The summed E-state index contributed by atoms with van der Waals surface area (Å²) in [6.45, 7) is 8.41. The van der Waals surface area contributed by atoms with Crippen molar-refractivity contribution in [2.45, 2.75) is 58.5 Å². The minimum Gasteiger partial charge on any atom is -0.392 e. The molecule has 1 aromatic carbocycles. The minimum absolute atomic E-state index is 0.233. The zero-order valence-corrected chi connectivity index (χ0v) is 11.9. The Morgan fingerprint density at radius 2 is 1.67 bits per heavy atom. The Labute approximate surface area is 110 Å². The van der Waals surface area contributed by atoms with Crippen molar-refractivity contribution in [2.24, 2.45) is 5.92 Å². The molecule has 0 saturated heterocycles. The minimum atomic E-state index is -0.387. The average molecular weight is 252 g/mol. The molecule has 1 unspecified atom stereocenters. The second-order valence-corrected chi connectivity index (χ2v) is 6.07. The van der Waals surface area contributed by atoms with Crippen molar-refractivity contribution in [1.82, 2.24) is 0 Å². The Bertz CT molecular complexity index is 354. The fourth-order valence-electron chi connectivity index (χ4n) is 2.15. The maximum absolute atomic E-state index is 12.9. The number of aliphatic hydroxyl groups is 1. The normalized spacial score (nSPS) is 13.9. The monoisotopic (exact) mass is 252 g/mol. The molecule has 0 heterocycles. The van der Waals surface area contributed by atoms with Gasteiger partial charge in [0.2, 0.25) is 0 Å². The molecular formula is C16H25FO. The molecule has 1 nitrogen and oxygen atoms in total. The van der Waals surface area contributed by atoms with E-state index in [-0.39, 0.29) is 17.3 Å². The summed E-state index contributed by atoms with van der Waals surface area (Å²) in [5, 5.41) is 10.3. The highest BCUT2D eigenvalue weighted by molar-refractivity contribution is 5.25. The molecular weight excluding hydrogens is 227 g/mol. The van der Waals surface area contributed by atoms with E-state index in [0.29, 0.717) is 5.92 Å². The number of benzene rings is 1. The van der Waals surface area contributed by atoms with Crippen LogP contribution in [-0.4, -0.2) is 11.2 Å². The molecule has 1 rings (SSSR count). The van der Waals surface area contributed by atoms with Crippen LogP contribution in [0, 0.1) is 11.7 Å². The first-order chi connectivity index (χ1) is 8.34. The van der Waals surface area contributed by atoms with Gasteiger partial charge in [-0.2, -0.15) is 0 Å². The van der Waals surface area contributed by atoms with E-state index in [0.717, 1.165) is 24.8 Å². The van der Waals surface area contributed by atoms with Gasteiger partial charge in [0.25, 0.3) is 0 Å². The molecule has 18 heavy (non-hydrogen) atoms. The van der Waals surface area contributed by atoms with E-state index in [1.165, 1.54) is 12.1 Å². The molecule has 0 bridgehead atoms. The van der Waals surface area contributed by atoms with Crippen LogP contribution in [0.4, 0.5) is 4.39 Å². The van der Waals surface area contributed by atoms with Gasteiger partial charge >= 0.3 is 0 Å². The first-order valence-electron chi connectivity index (χ1n) is 6.78. The molecule has 0 saturated carbocycles. The van der Waals surface area contributed by atoms with E-state index in [1.807, 2.05) is 13.8 Å². The molecule has 0 amide bonds. The quantitative estimate of drug-likeness (QED) is 0.800. The predicted molar refractivity (Wildman–Crippen MR) is 74.1 cm³/mol. The van der Waals surface area contributed by atoms with E-state index >= 15 is 0 Å². The summed E-state index contributed by atoms with van der Waals surface area (Å²) >= 11 is 0. The number of halogens is 1. The van der Waals surface area contributed by atoms with E-state index < -0.39 is 0 Å². The maximum atomic E-state index is 12.9. The number of aliphatic hydroxyl groups excluding tert-OH is 1. The van der Waals surface area contributed by atoms with Gasteiger partial charge in [-0.1, -0.05) is 52.7 Å². The highest BCUT2D eigenvalue weighted by Gasteiger charge is 2.29. The summed E-state index contributed by atoms with van der Waals surface area (Å²) < 4.78 is 12.9. The molecule has 0 aliphatic rings. The number of hydrogen-bond donors (Lipinski definition) is 1. The molecule has 2 heteroatoms. The van der Waals surface area contributed by atoms with E-state index in [2.05, 4.69) is 13.8 Å².